The molecular formula is C13H16F3N5O4. The molecule has 25 heavy (non-hydrogen) atoms. The van der Waals surface area contributed by atoms with Crippen molar-refractivity contribution in [1.82, 2.24) is 19.7 Å². The van der Waals surface area contributed by atoms with E-state index >= 15 is 0 Å². The van der Waals surface area contributed by atoms with Gasteiger partial charge in [0.15, 0.2) is 11.3 Å². The molecule has 0 fully saturated rings. The van der Waals surface area contributed by atoms with Gasteiger partial charge < -0.3 is 20.0 Å². The summed E-state index contributed by atoms with van der Waals surface area (Å²) in [6.45, 7) is 3.73. The molecule has 138 valence electrons. The van der Waals surface area contributed by atoms with Crippen LogP contribution in [0, 0.1) is 0 Å². The normalized spacial score (nSPS) is 12.9. The molecule has 9 nitrogen and oxygen atoms in total. The van der Waals surface area contributed by atoms with Crippen LogP contribution in [0.2, 0.25) is 0 Å². The number of nitrogen functional groups attached to an aromatic ring is 1. The quantitative estimate of drug-likeness (QED) is 0.821. The number of halogens is 3. The molecule has 2 heterocycles. The minimum atomic E-state index is -5.21. The molecule has 2 aromatic heterocycles. The second kappa shape index (κ2) is 6.99. The summed E-state index contributed by atoms with van der Waals surface area (Å²) >= 11 is 0. The SMILES string of the molecule is CCC[C@H](C)Oc1nc(N)c2nc(OC)n(OC(=O)C(F)(F)F)c2n1. The van der Waals surface area contributed by atoms with E-state index in [1.165, 1.54) is 0 Å². The van der Waals surface area contributed by atoms with Crippen LogP contribution in [0.3, 0.4) is 0 Å². The average molecular weight is 363 g/mol. The third-order valence-electron chi connectivity index (χ3n) is 3.04. The Morgan fingerprint density at radius 1 is 1.32 bits per heavy atom. The third-order valence-corrected chi connectivity index (χ3v) is 3.04. The van der Waals surface area contributed by atoms with Crippen LogP contribution in [-0.4, -0.2) is 45.0 Å². The van der Waals surface area contributed by atoms with Crippen LogP contribution in [0.5, 0.6) is 12.0 Å². The number of hydrogen-bond donors (Lipinski definition) is 1. The van der Waals surface area contributed by atoms with E-state index in [2.05, 4.69) is 19.8 Å². The lowest BCUT2D eigenvalue weighted by Gasteiger charge is -2.12. The van der Waals surface area contributed by atoms with Gasteiger partial charge in [0, 0.05) is 0 Å². The number of hydrogen-bond acceptors (Lipinski definition) is 8. The smallest absolute Gasteiger partial charge is 0.466 e. The summed E-state index contributed by atoms with van der Waals surface area (Å²) in [6, 6.07) is -0.634. The first-order valence-corrected chi connectivity index (χ1v) is 7.23. The first kappa shape index (κ1) is 18.5. The van der Waals surface area contributed by atoms with Crippen molar-refractivity contribution in [2.24, 2.45) is 0 Å². The maximum absolute atomic E-state index is 12.5. The Hall–Kier alpha value is -2.79. The van der Waals surface area contributed by atoms with Crippen LogP contribution < -0.4 is 20.0 Å². The minimum absolute atomic E-state index is 0.0951. The summed E-state index contributed by atoms with van der Waals surface area (Å²) in [7, 11) is 1.13. The first-order valence-electron chi connectivity index (χ1n) is 7.23. The molecule has 0 radical (unpaired) electrons. The molecule has 0 unspecified atom stereocenters. The van der Waals surface area contributed by atoms with Gasteiger partial charge >= 0.3 is 24.2 Å². The van der Waals surface area contributed by atoms with Gasteiger partial charge in [-0.2, -0.15) is 28.1 Å². The van der Waals surface area contributed by atoms with Gasteiger partial charge in [0.1, 0.15) is 0 Å². The van der Waals surface area contributed by atoms with E-state index < -0.39 is 18.2 Å². The fourth-order valence-electron chi connectivity index (χ4n) is 1.96. The number of carbonyl (C=O) groups is 1. The zero-order chi connectivity index (χ0) is 18.8. The Bertz CT molecular complexity index is 777. The monoisotopic (exact) mass is 363 g/mol. The van der Waals surface area contributed by atoms with Crippen molar-refractivity contribution in [3.63, 3.8) is 0 Å². The third kappa shape index (κ3) is 4.00. The van der Waals surface area contributed by atoms with Crippen molar-refractivity contribution < 1.29 is 32.3 Å². The number of carbonyl (C=O) groups excluding carboxylic acids is 1. The fraction of sp³-hybridized carbons (Fsp3) is 0.538. The molecule has 2 rings (SSSR count). The van der Waals surface area contributed by atoms with Gasteiger partial charge in [0.05, 0.1) is 13.2 Å². The van der Waals surface area contributed by atoms with Crippen molar-refractivity contribution in [2.75, 3.05) is 12.8 Å². The summed E-state index contributed by atoms with van der Waals surface area (Å²) in [4.78, 5) is 27.0. The Morgan fingerprint density at radius 2 is 2.00 bits per heavy atom. The summed E-state index contributed by atoms with van der Waals surface area (Å²) in [5.41, 5.74) is 5.35. The predicted molar refractivity (Wildman–Crippen MR) is 78.9 cm³/mol. The van der Waals surface area contributed by atoms with Gasteiger partial charge in [0.25, 0.3) is 0 Å². The maximum atomic E-state index is 12.5. The number of alkyl halides is 3. The molecule has 0 aliphatic heterocycles. The zero-order valence-electron chi connectivity index (χ0n) is 13.6. The lowest BCUT2D eigenvalue weighted by molar-refractivity contribution is -0.199. The Morgan fingerprint density at radius 3 is 2.56 bits per heavy atom. The predicted octanol–water partition coefficient (Wildman–Crippen LogP) is 1.50. The highest BCUT2D eigenvalue weighted by Gasteiger charge is 2.43. The van der Waals surface area contributed by atoms with Crippen LogP contribution in [-0.2, 0) is 4.79 Å². The van der Waals surface area contributed by atoms with Gasteiger partial charge in [-0.05, 0) is 13.3 Å². The van der Waals surface area contributed by atoms with Gasteiger partial charge in [-0.1, -0.05) is 18.1 Å². The van der Waals surface area contributed by atoms with Crippen molar-refractivity contribution in [1.29, 1.82) is 0 Å². The number of fused-ring (bicyclic) bond motifs is 1. The van der Waals surface area contributed by atoms with E-state index in [1.54, 1.807) is 6.92 Å². The highest BCUT2D eigenvalue weighted by atomic mass is 19.4. The molecular weight excluding hydrogens is 347 g/mol. The molecule has 1 atom stereocenters. The molecule has 0 saturated carbocycles. The van der Waals surface area contributed by atoms with E-state index in [0.717, 1.165) is 13.5 Å². The molecule has 0 aliphatic rings. The number of methoxy groups -OCH3 is 1. The number of anilines is 1. The standard InChI is InChI=1S/C13H16F3N5O4/c1-4-5-6(2)24-11-19-8(17)7-9(20-11)21(12(18-7)23-3)25-10(22)13(14,15)16/h6H,4-5H2,1-3H3,(H2,17,19,20)/t6-/m0/s1. The molecule has 0 aliphatic carbocycles. The molecule has 2 aromatic rings. The molecule has 0 amide bonds. The molecule has 0 saturated heterocycles. The number of rotatable bonds is 6. The number of aromatic nitrogens is 4. The molecule has 0 spiro atoms. The Balaban J connectivity index is 2.48. The zero-order valence-corrected chi connectivity index (χ0v) is 13.6. The van der Waals surface area contributed by atoms with Crippen LogP contribution in [0.1, 0.15) is 26.7 Å². The Labute approximate surface area is 139 Å². The van der Waals surface area contributed by atoms with Gasteiger partial charge in [-0.15, -0.1) is 0 Å². The van der Waals surface area contributed by atoms with Gasteiger partial charge in [0.2, 0.25) is 5.65 Å². The highest BCUT2D eigenvalue weighted by molar-refractivity contribution is 5.84. The lowest BCUT2D eigenvalue weighted by atomic mass is 10.2. The van der Waals surface area contributed by atoms with E-state index in [-0.39, 0.29) is 29.1 Å². The van der Waals surface area contributed by atoms with Crippen LogP contribution in [0.25, 0.3) is 11.2 Å². The van der Waals surface area contributed by atoms with E-state index in [4.69, 9.17) is 15.2 Å². The van der Waals surface area contributed by atoms with E-state index in [1.807, 2.05) is 6.92 Å². The topological polar surface area (TPSA) is 114 Å². The fourth-order valence-corrected chi connectivity index (χ4v) is 1.96. The van der Waals surface area contributed by atoms with E-state index in [9.17, 15) is 18.0 Å². The van der Waals surface area contributed by atoms with Crippen LogP contribution >= 0.6 is 0 Å². The minimum Gasteiger partial charge on any atom is -0.466 e. The number of nitrogens with two attached hydrogens (primary N) is 1. The largest absolute Gasteiger partial charge is 0.493 e. The molecule has 12 heteroatoms. The maximum Gasteiger partial charge on any atom is 0.493 e. The summed E-state index contributed by atoms with van der Waals surface area (Å²) in [5, 5.41) is 0. The van der Waals surface area contributed by atoms with Crippen LogP contribution in [0.15, 0.2) is 0 Å². The lowest BCUT2D eigenvalue weighted by Crippen LogP contribution is -2.33. The van der Waals surface area contributed by atoms with Crippen molar-refractivity contribution in [3.8, 4) is 12.0 Å². The van der Waals surface area contributed by atoms with E-state index in [0.29, 0.717) is 11.2 Å². The van der Waals surface area contributed by atoms with Crippen molar-refractivity contribution >= 4 is 23.0 Å². The van der Waals surface area contributed by atoms with Crippen LogP contribution in [0.4, 0.5) is 19.0 Å². The second-order valence-electron chi connectivity index (χ2n) is 5.05. The molecule has 2 N–H and O–H groups in total. The Kier molecular flexibility index (Phi) is 5.18. The summed E-state index contributed by atoms with van der Waals surface area (Å²) in [6.07, 6.45) is -3.92. The first-order chi connectivity index (χ1) is 11.7. The second-order valence-corrected chi connectivity index (χ2v) is 5.05. The van der Waals surface area contributed by atoms with Crippen molar-refractivity contribution in [2.45, 2.75) is 39.0 Å². The highest BCUT2D eigenvalue weighted by Crippen LogP contribution is 2.26. The molecule has 0 aromatic carbocycles. The summed E-state index contributed by atoms with van der Waals surface area (Å²) in [5.74, 6) is -2.63. The number of imidazole rings is 1. The number of ether oxygens (including phenoxy) is 2. The van der Waals surface area contributed by atoms with Gasteiger partial charge in [-0.3, -0.25) is 0 Å². The average Bonchev–Trinajstić information content (AvgIpc) is 2.85. The van der Waals surface area contributed by atoms with Crippen molar-refractivity contribution in [3.05, 3.63) is 0 Å². The summed E-state index contributed by atoms with van der Waals surface area (Å²) < 4.78 is 48.0. The van der Waals surface area contributed by atoms with Gasteiger partial charge in [-0.25, -0.2) is 4.79 Å². The molecule has 0 bridgehead atoms. The number of nitrogens with zero attached hydrogens (tertiary/aromatic N) is 4.